The van der Waals surface area contributed by atoms with E-state index < -0.39 is 0 Å². The van der Waals surface area contributed by atoms with Gasteiger partial charge in [0.25, 0.3) is 0 Å². The minimum absolute atomic E-state index is 0.116. The third kappa shape index (κ3) is 2.43. The molecule has 0 spiro atoms. The molecule has 8 heteroatoms. The molecule has 0 saturated carbocycles. The zero-order valence-electron chi connectivity index (χ0n) is 9.15. The molecule has 0 saturated heterocycles. The normalized spacial score (nSPS) is 10.2. The third-order valence-corrected chi connectivity index (χ3v) is 2.96. The Morgan fingerprint density at radius 3 is 3.06 bits per heavy atom. The van der Waals surface area contributed by atoms with Crippen molar-refractivity contribution in [3.63, 3.8) is 0 Å². The largest absolute Gasteiger partial charge is 0.360 e. The molecule has 2 heterocycles. The van der Waals surface area contributed by atoms with E-state index in [2.05, 4.69) is 26.0 Å². The number of amides is 1. The first-order valence-electron chi connectivity index (χ1n) is 4.91. The Morgan fingerprint density at radius 1 is 1.53 bits per heavy atom. The van der Waals surface area contributed by atoms with E-state index in [0.29, 0.717) is 11.8 Å². The molecule has 0 aliphatic heterocycles. The molecule has 7 nitrogen and oxygen atoms in total. The fourth-order valence-corrected chi connectivity index (χ4v) is 2.07. The molecule has 0 aliphatic rings. The summed E-state index contributed by atoms with van der Waals surface area (Å²) in [5.74, 6) is 6.08. The SMILES string of the molecule is CNC(=O)CNc1nc(NN)nc2sccc12. The van der Waals surface area contributed by atoms with Crippen molar-refractivity contribution in [2.75, 3.05) is 24.3 Å². The summed E-state index contributed by atoms with van der Waals surface area (Å²) >= 11 is 1.48. The number of carbonyl (C=O) groups excluding carboxylic acids is 1. The van der Waals surface area contributed by atoms with Gasteiger partial charge in [-0.1, -0.05) is 0 Å². The summed E-state index contributed by atoms with van der Waals surface area (Å²) in [6.07, 6.45) is 0. The molecule has 0 bridgehead atoms. The Kier molecular flexibility index (Phi) is 3.35. The molecule has 5 N–H and O–H groups in total. The highest BCUT2D eigenvalue weighted by atomic mass is 32.1. The fraction of sp³-hybridized carbons (Fsp3) is 0.222. The Labute approximate surface area is 101 Å². The number of thiophene rings is 1. The second-order valence-electron chi connectivity index (χ2n) is 3.21. The first kappa shape index (κ1) is 11.6. The van der Waals surface area contributed by atoms with Crippen molar-refractivity contribution in [3.8, 4) is 0 Å². The number of nitrogens with one attached hydrogen (secondary N) is 3. The Hall–Kier alpha value is -1.93. The topological polar surface area (TPSA) is 105 Å². The van der Waals surface area contributed by atoms with Crippen LogP contribution in [0.1, 0.15) is 0 Å². The van der Waals surface area contributed by atoms with Gasteiger partial charge in [-0.05, 0) is 11.4 Å². The first-order valence-corrected chi connectivity index (χ1v) is 5.79. The van der Waals surface area contributed by atoms with E-state index >= 15 is 0 Å². The molecular formula is C9H12N6OS. The summed E-state index contributed by atoms with van der Waals surface area (Å²) in [5.41, 5.74) is 2.39. The van der Waals surface area contributed by atoms with Gasteiger partial charge in [0.2, 0.25) is 11.9 Å². The van der Waals surface area contributed by atoms with Crippen LogP contribution in [0.5, 0.6) is 0 Å². The maximum absolute atomic E-state index is 11.2. The summed E-state index contributed by atoms with van der Waals surface area (Å²) in [4.78, 5) is 20.3. The number of hydrazine groups is 1. The van der Waals surface area contributed by atoms with Gasteiger partial charge >= 0.3 is 0 Å². The molecule has 0 unspecified atom stereocenters. The van der Waals surface area contributed by atoms with Gasteiger partial charge in [-0.2, -0.15) is 4.98 Å². The van der Waals surface area contributed by atoms with E-state index in [0.717, 1.165) is 10.2 Å². The molecule has 2 aromatic rings. The molecular weight excluding hydrogens is 240 g/mol. The van der Waals surface area contributed by atoms with Crippen molar-refractivity contribution in [2.24, 2.45) is 5.84 Å². The molecule has 0 aromatic carbocycles. The molecule has 0 fully saturated rings. The number of nitrogen functional groups attached to an aromatic ring is 1. The molecule has 2 rings (SSSR count). The molecule has 0 aliphatic carbocycles. The predicted molar refractivity (Wildman–Crippen MR) is 67.8 cm³/mol. The lowest BCUT2D eigenvalue weighted by molar-refractivity contribution is -0.118. The Morgan fingerprint density at radius 2 is 2.35 bits per heavy atom. The minimum atomic E-state index is -0.116. The van der Waals surface area contributed by atoms with Gasteiger partial charge in [0.05, 0.1) is 11.9 Å². The van der Waals surface area contributed by atoms with Crippen LogP contribution in [0.15, 0.2) is 11.4 Å². The van der Waals surface area contributed by atoms with Crippen molar-refractivity contribution in [1.82, 2.24) is 15.3 Å². The van der Waals surface area contributed by atoms with E-state index in [1.54, 1.807) is 7.05 Å². The van der Waals surface area contributed by atoms with Crippen LogP contribution in [0.4, 0.5) is 11.8 Å². The molecule has 0 atom stereocenters. The van der Waals surface area contributed by atoms with Crippen molar-refractivity contribution in [1.29, 1.82) is 0 Å². The van der Waals surface area contributed by atoms with Crippen LogP contribution in [0.2, 0.25) is 0 Å². The van der Waals surface area contributed by atoms with Gasteiger partial charge in [0.15, 0.2) is 0 Å². The number of fused-ring (bicyclic) bond motifs is 1. The van der Waals surface area contributed by atoms with Crippen molar-refractivity contribution < 1.29 is 4.79 Å². The maximum Gasteiger partial charge on any atom is 0.240 e. The zero-order valence-corrected chi connectivity index (χ0v) is 9.97. The number of hydrogen-bond donors (Lipinski definition) is 4. The number of hydrogen-bond acceptors (Lipinski definition) is 7. The molecule has 2 aromatic heterocycles. The molecule has 17 heavy (non-hydrogen) atoms. The van der Waals surface area contributed by atoms with Gasteiger partial charge in [-0.25, -0.2) is 10.8 Å². The monoisotopic (exact) mass is 252 g/mol. The fourth-order valence-electron chi connectivity index (χ4n) is 1.31. The Bertz CT molecular complexity index is 539. The number of rotatable bonds is 4. The summed E-state index contributed by atoms with van der Waals surface area (Å²) in [5, 5.41) is 8.25. The van der Waals surface area contributed by atoms with Crippen molar-refractivity contribution >= 4 is 39.2 Å². The number of likely N-dealkylation sites (N-methyl/N-ethyl adjacent to an activating group) is 1. The highest BCUT2D eigenvalue weighted by Gasteiger charge is 2.08. The summed E-state index contributed by atoms with van der Waals surface area (Å²) in [6, 6.07) is 1.90. The lowest BCUT2D eigenvalue weighted by Crippen LogP contribution is -2.26. The summed E-state index contributed by atoms with van der Waals surface area (Å²) in [7, 11) is 1.58. The minimum Gasteiger partial charge on any atom is -0.360 e. The molecule has 0 radical (unpaired) electrons. The highest BCUT2D eigenvalue weighted by molar-refractivity contribution is 7.16. The van der Waals surface area contributed by atoms with Crippen molar-refractivity contribution in [3.05, 3.63) is 11.4 Å². The third-order valence-electron chi connectivity index (χ3n) is 2.15. The van der Waals surface area contributed by atoms with Gasteiger partial charge in [-0.15, -0.1) is 11.3 Å². The highest BCUT2D eigenvalue weighted by Crippen LogP contribution is 2.25. The standard InChI is InChI=1S/C9H12N6OS/c1-11-6(16)4-12-7-5-2-3-17-8(5)14-9(13-7)15-10/h2-3H,4,10H2,1H3,(H,11,16)(H2,12,13,14,15). The van der Waals surface area contributed by atoms with E-state index in [4.69, 9.17) is 5.84 Å². The first-order chi connectivity index (χ1) is 8.24. The lowest BCUT2D eigenvalue weighted by Gasteiger charge is -2.07. The van der Waals surface area contributed by atoms with Crippen molar-refractivity contribution in [2.45, 2.75) is 0 Å². The number of nitrogens with two attached hydrogens (primary N) is 1. The number of anilines is 2. The quantitative estimate of drug-likeness (QED) is 0.455. The van der Waals surface area contributed by atoms with E-state index in [-0.39, 0.29) is 12.5 Å². The number of aromatic nitrogens is 2. The van der Waals surface area contributed by atoms with Gasteiger partial charge < -0.3 is 10.6 Å². The lowest BCUT2D eigenvalue weighted by atomic mass is 10.4. The average Bonchev–Trinajstić information content (AvgIpc) is 2.83. The van der Waals surface area contributed by atoms with E-state index in [1.165, 1.54) is 11.3 Å². The maximum atomic E-state index is 11.2. The summed E-state index contributed by atoms with van der Waals surface area (Å²) < 4.78 is 0. The van der Waals surface area contributed by atoms with Crippen LogP contribution in [-0.4, -0.2) is 29.5 Å². The average molecular weight is 252 g/mol. The summed E-state index contributed by atoms with van der Waals surface area (Å²) in [6.45, 7) is 0.155. The van der Waals surface area contributed by atoms with Crippen LogP contribution < -0.4 is 21.9 Å². The predicted octanol–water partition coefficient (Wildman–Crippen LogP) is 0.135. The van der Waals surface area contributed by atoms with Crippen LogP contribution >= 0.6 is 11.3 Å². The number of nitrogens with zero attached hydrogens (tertiary/aromatic N) is 2. The zero-order chi connectivity index (χ0) is 12.3. The second kappa shape index (κ2) is 4.93. The Balaban J connectivity index is 2.30. The second-order valence-corrected chi connectivity index (χ2v) is 4.10. The molecule has 1 amide bonds. The van der Waals surface area contributed by atoms with Crippen LogP contribution in [0, 0.1) is 0 Å². The van der Waals surface area contributed by atoms with E-state index in [1.807, 2.05) is 11.4 Å². The smallest absolute Gasteiger partial charge is 0.240 e. The van der Waals surface area contributed by atoms with Crippen LogP contribution in [0.3, 0.4) is 0 Å². The number of carbonyl (C=O) groups is 1. The van der Waals surface area contributed by atoms with Gasteiger partial charge in [-0.3, -0.25) is 10.2 Å². The van der Waals surface area contributed by atoms with Crippen LogP contribution in [-0.2, 0) is 4.79 Å². The van der Waals surface area contributed by atoms with E-state index in [9.17, 15) is 4.79 Å². The molecule has 90 valence electrons. The van der Waals surface area contributed by atoms with Gasteiger partial charge in [0, 0.05) is 7.05 Å². The van der Waals surface area contributed by atoms with Gasteiger partial charge in [0.1, 0.15) is 10.6 Å². The van der Waals surface area contributed by atoms with Crippen LogP contribution in [0.25, 0.3) is 10.2 Å².